The quantitative estimate of drug-likeness (QED) is 0.668. The smallest absolute Gasteiger partial charge is 0.249 e. The molecule has 6 heteroatoms. The van der Waals surface area contributed by atoms with Gasteiger partial charge in [0, 0.05) is 17.4 Å². The standard InChI is InChI=1S/C14H15BrN2O3/c1-9-2-3-11(15)6-10(9)7-17(8-18)12-4-5-13(19)16-14(12)20/h2-3,6,8,12H,4-5,7H2,1H3,(H,16,19,20). The van der Waals surface area contributed by atoms with E-state index >= 15 is 0 Å². The summed E-state index contributed by atoms with van der Waals surface area (Å²) < 4.78 is 0.923. The van der Waals surface area contributed by atoms with E-state index < -0.39 is 11.9 Å². The molecule has 20 heavy (non-hydrogen) atoms. The molecule has 1 aromatic rings. The number of carbonyl (C=O) groups excluding carboxylic acids is 3. The first-order valence-corrected chi connectivity index (χ1v) is 7.10. The normalized spacial score (nSPS) is 18.6. The second kappa shape index (κ2) is 6.17. The Kier molecular flexibility index (Phi) is 4.54. The van der Waals surface area contributed by atoms with Crippen molar-refractivity contribution in [3.05, 3.63) is 33.8 Å². The number of piperidine rings is 1. The number of nitrogens with one attached hydrogen (secondary N) is 1. The van der Waals surface area contributed by atoms with E-state index in [4.69, 9.17) is 0 Å². The van der Waals surface area contributed by atoms with Crippen molar-refractivity contribution in [3.63, 3.8) is 0 Å². The van der Waals surface area contributed by atoms with E-state index in [0.29, 0.717) is 19.4 Å². The van der Waals surface area contributed by atoms with Crippen LogP contribution < -0.4 is 5.32 Å². The third-order valence-corrected chi connectivity index (χ3v) is 3.90. The van der Waals surface area contributed by atoms with Gasteiger partial charge >= 0.3 is 0 Å². The highest BCUT2D eigenvalue weighted by Gasteiger charge is 2.31. The molecule has 0 aliphatic carbocycles. The lowest BCUT2D eigenvalue weighted by Crippen LogP contribution is -2.51. The zero-order chi connectivity index (χ0) is 14.7. The first-order chi connectivity index (χ1) is 9.51. The Bertz CT molecular complexity index is 559. The number of hydrogen-bond acceptors (Lipinski definition) is 3. The average Bonchev–Trinajstić information content (AvgIpc) is 2.40. The van der Waals surface area contributed by atoms with Crippen molar-refractivity contribution < 1.29 is 14.4 Å². The Hall–Kier alpha value is -1.69. The molecular weight excluding hydrogens is 324 g/mol. The summed E-state index contributed by atoms with van der Waals surface area (Å²) in [6.45, 7) is 2.30. The molecule has 1 fully saturated rings. The molecule has 1 aromatic carbocycles. The fourth-order valence-electron chi connectivity index (χ4n) is 2.23. The summed E-state index contributed by atoms with van der Waals surface area (Å²) in [7, 11) is 0. The molecule has 1 aliphatic rings. The topological polar surface area (TPSA) is 66.5 Å². The van der Waals surface area contributed by atoms with Crippen LogP contribution in [0.3, 0.4) is 0 Å². The van der Waals surface area contributed by atoms with Gasteiger partial charge in [0.1, 0.15) is 6.04 Å². The van der Waals surface area contributed by atoms with E-state index in [2.05, 4.69) is 21.2 Å². The first-order valence-electron chi connectivity index (χ1n) is 6.31. The van der Waals surface area contributed by atoms with Crippen LogP contribution in [-0.2, 0) is 20.9 Å². The SMILES string of the molecule is Cc1ccc(Br)cc1CN(C=O)C1CCC(=O)NC1=O. The second-order valence-electron chi connectivity index (χ2n) is 4.82. The highest BCUT2D eigenvalue weighted by atomic mass is 79.9. The molecule has 1 saturated heterocycles. The summed E-state index contributed by atoms with van der Waals surface area (Å²) in [6, 6.07) is 5.23. The monoisotopic (exact) mass is 338 g/mol. The van der Waals surface area contributed by atoms with Crippen molar-refractivity contribution in [1.29, 1.82) is 0 Å². The van der Waals surface area contributed by atoms with Gasteiger partial charge in [0.2, 0.25) is 18.2 Å². The van der Waals surface area contributed by atoms with Crippen LogP contribution in [0.25, 0.3) is 0 Å². The van der Waals surface area contributed by atoms with Crippen LogP contribution in [0, 0.1) is 6.92 Å². The van der Waals surface area contributed by atoms with E-state index in [-0.39, 0.29) is 12.3 Å². The Morgan fingerprint density at radius 3 is 2.85 bits per heavy atom. The van der Waals surface area contributed by atoms with Gasteiger partial charge in [-0.15, -0.1) is 0 Å². The number of carbonyl (C=O) groups is 3. The summed E-state index contributed by atoms with van der Waals surface area (Å²) in [4.78, 5) is 35.7. The highest BCUT2D eigenvalue weighted by molar-refractivity contribution is 9.10. The van der Waals surface area contributed by atoms with Gasteiger partial charge in [-0.3, -0.25) is 19.7 Å². The number of rotatable bonds is 4. The lowest BCUT2D eigenvalue weighted by atomic mass is 10.0. The van der Waals surface area contributed by atoms with Gasteiger partial charge in [0.15, 0.2) is 0 Å². The summed E-state index contributed by atoms with van der Waals surface area (Å²) in [5.74, 6) is -0.684. The number of hydrogen-bond donors (Lipinski definition) is 1. The molecule has 1 atom stereocenters. The maximum atomic E-state index is 11.8. The molecule has 0 radical (unpaired) electrons. The van der Waals surface area contributed by atoms with Crippen molar-refractivity contribution in [2.24, 2.45) is 0 Å². The van der Waals surface area contributed by atoms with Gasteiger partial charge in [0.05, 0.1) is 0 Å². The fraction of sp³-hybridized carbons (Fsp3) is 0.357. The lowest BCUT2D eigenvalue weighted by Gasteiger charge is -2.30. The minimum atomic E-state index is -0.580. The number of nitrogens with zero attached hydrogens (tertiary/aromatic N) is 1. The van der Waals surface area contributed by atoms with Gasteiger partial charge in [-0.05, 0) is 36.6 Å². The van der Waals surface area contributed by atoms with Gasteiger partial charge in [-0.2, -0.15) is 0 Å². The summed E-state index contributed by atoms with van der Waals surface area (Å²) in [5.41, 5.74) is 2.02. The van der Waals surface area contributed by atoms with Crippen LogP contribution in [0.4, 0.5) is 0 Å². The number of benzene rings is 1. The molecule has 0 spiro atoms. The van der Waals surface area contributed by atoms with E-state index in [1.807, 2.05) is 25.1 Å². The molecule has 1 heterocycles. The minimum absolute atomic E-state index is 0.262. The molecule has 1 unspecified atom stereocenters. The molecule has 5 nitrogen and oxygen atoms in total. The predicted molar refractivity (Wildman–Crippen MR) is 76.7 cm³/mol. The van der Waals surface area contributed by atoms with Crippen LogP contribution in [0.2, 0.25) is 0 Å². The molecule has 1 N–H and O–H groups in total. The van der Waals surface area contributed by atoms with Crippen LogP contribution >= 0.6 is 15.9 Å². The number of amides is 3. The Balaban J connectivity index is 2.16. The number of halogens is 1. The van der Waals surface area contributed by atoms with Crippen molar-refractivity contribution in [2.75, 3.05) is 0 Å². The minimum Gasteiger partial charge on any atom is -0.329 e. The Morgan fingerprint density at radius 2 is 2.20 bits per heavy atom. The van der Waals surface area contributed by atoms with E-state index in [0.717, 1.165) is 15.6 Å². The maximum absolute atomic E-state index is 11.8. The van der Waals surface area contributed by atoms with Crippen LogP contribution in [-0.4, -0.2) is 29.2 Å². The third kappa shape index (κ3) is 3.25. The molecule has 106 valence electrons. The predicted octanol–water partition coefficient (Wildman–Crippen LogP) is 1.52. The van der Waals surface area contributed by atoms with Crippen LogP contribution in [0.5, 0.6) is 0 Å². The number of imide groups is 1. The summed E-state index contributed by atoms with van der Waals surface area (Å²) >= 11 is 3.39. The Labute approximate surface area is 125 Å². The lowest BCUT2D eigenvalue weighted by molar-refractivity contribution is -0.141. The molecule has 0 aromatic heterocycles. The largest absolute Gasteiger partial charge is 0.329 e. The second-order valence-corrected chi connectivity index (χ2v) is 5.73. The Morgan fingerprint density at radius 1 is 1.45 bits per heavy atom. The molecule has 0 bridgehead atoms. The molecule has 3 amide bonds. The zero-order valence-electron chi connectivity index (χ0n) is 11.1. The van der Waals surface area contributed by atoms with E-state index in [9.17, 15) is 14.4 Å². The fourth-order valence-corrected chi connectivity index (χ4v) is 2.64. The zero-order valence-corrected chi connectivity index (χ0v) is 12.6. The molecule has 0 saturated carbocycles. The van der Waals surface area contributed by atoms with Gasteiger partial charge in [-0.1, -0.05) is 22.0 Å². The van der Waals surface area contributed by atoms with Gasteiger partial charge in [0.25, 0.3) is 0 Å². The van der Waals surface area contributed by atoms with Crippen molar-refractivity contribution in [1.82, 2.24) is 10.2 Å². The van der Waals surface area contributed by atoms with Gasteiger partial charge in [-0.25, -0.2) is 0 Å². The van der Waals surface area contributed by atoms with Crippen molar-refractivity contribution in [2.45, 2.75) is 32.4 Å². The van der Waals surface area contributed by atoms with Crippen molar-refractivity contribution >= 4 is 34.2 Å². The molecule has 2 rings (SSSR count). The van der Waals surface area contributed by atoms with E-state index in [1.165, 1.54) is 4.90 Å². The average molecular weight is 339 g/mol. The van der Waals surface area contributed by atoms with Crippen LogP contribution in [0.15, 0.2) is 22.7 Å². The highest BCUT2D eigenvalue weighted by Crippen LogP contribution is 2.20. The van der Waals surface area contributed by atoms with Crippen LogP contribution in [0.1, 0.15) is 24.0 Å². The summed E-state index contributed by atoms with van der Waals surface area (Å²) in [5, 5.41) is 2.27. The maximum Gasteiger partial charge on any atom is 0.249 e. The van der Waals surface area contributed by atoms with Crippen molar-refractivity contribution in [3.8, 4) is 0 Å². The van der Waals surface area contributed by atoms with Gasteiger partial charge < -0.3 is 4.90 Å². The molecular formula is C14H15BrN2O3. The van der Waals surface area contributed by atoms with E-state index in [1.54, 1.807) is 0 Å². The first kappa shape index (κ1) is 14.7. The number of aryl methyl sites for hydroxylation is 1. The third-order valence-electron chi connectivity index (χ3n) is 3.41. The summed E-state index contributed by atoms with van der Waals surface area (Å²) in [6.07, 6.45) is 1.30. The molecule has 1 aliphatic heterocycles.